The molecule has 2 N–H and O–H groups in total. The molecule has 0 atom stereocenters. The lowest BCUT2D eigenvalue weighted by Crippen LogP contribution is -2.18. The van der Waals surface area contributed by atoms with Crippen molar-refractivity contribution < 1.29 is 4.79 Å². The normalized spacial score (nSPS) is 12.4. The van der Waals surface area contributed by atoms with Crippen LogP contribution in [0.3, 0.4) is 0 Å². The second kappa shape index (κ2) is 10.2. The predicted octanol–water partition coefficient (Wildman–Crippen LogP) is 4.02. The zero-order valence-electron chi connectivity index (χ0n) is 20.9. The van der Waals surface area contributed by atoms with Gasteiger partial charge in [-0.3, -0.25) is 14.8 Å². The van der Waals surface area contributed by atoms with Crippen LogP contribution < -0.4 is 15.5 Å². The van der Waals surface area contributed by atoms with Gasteiger partial charge >= 0.3 is 0 Å². The van der Waals surface area contributed by atoms with Crippen LogP contribution in [0.15, 0.2) is 79.6 Å². The maximum absolute atomic E-state index is 12.2. The fourth-order valence-electron chi connectivity index (χ4n) is 4.82. The van der Waals surface area contributed by atoms with Crippen LogP contribution in [0.4, 0.5) is 11.6 Å². The maximum atomic E-state index is 12.2. The molecule has 6 rings (SSSR count). The van der Waals surface area contributed by atoms with Crippen molar-refractivity contribution in [3.05, 3.63) is 102 Å². The molecule has 1 aliphatic rings. The fourth-order valence-corrected chi connectivity index (χ4v) is 4.82. The van der Waals surface area contributed by atoms with Gasteiger partial charge in [-0.15, -0.1) is 0 Å². The molecule has 4 aromatic heterocycles. The van der Waals surface area contributed by atoms with Crippen molar-refractivity contribution in [1.29, 1.82) is 0 Å². The lowest BCUT2D eigenvalue weighted by molar-refractivity contribution is 0.0964. The van der Waals surface area contributed by atoms with Crippen LogP contribution in [0, 0.1) is 0 Å². The van der Waals surface area contributed by atoms with Gasteiger partial charge in [0.15, 0.2) is 0 Å². The molecule has 9 heteroatoms. The largest absolute Gasteiger partial charge is 0.370 e. The molecule has 0 aliphatic carbocycles. The van der Waals surface area contributed by atoms with Crippen molar-refractivity contribution in [3.63, 3.8) is 0 Å². The number of hydrogen-bond donors (Lipinski definition) is 2. The van der Waals surface area contributed by atoms with Gasteiger partial charge in [0.1, 0.15) is 18.0 Å². The second-order valence-electron chi connectivity index (χ2n) is 9.12. The van der Waals surface area contributed by atoms with E-state index in [0.717, 1.165) is 58.9 Å². The first-order chi connectivity index (χ1) is 18.7. The average Bonchev–Trinajstić information content (AvgIpc) is 3.41. The molecular weight excluding hydrogens is 476 g/mol. The first kappa shape index (κ1) is 23.5. The molecule has 0 radical (unpaired) electrons. The number of amides is 1. The zero-order valence-corrected chi connectivity index (χ0v) is 20.9. The summed E-state index contributed by atoms with van der Waals surface area (Å²) in [7, 11) is 1.63. The third kappa shape index (κ3) is 4.61. The van der Waals surface area contributed by atoms with Crippen molar-refractivity contribution in [2.75, 3.05) is 23.8 Å². The smallest absolute Gasteiger partial charge is 0.251 e. The number of pyridine rings is 3. The predicted molar refractivity (Wildman–Crippen MR) is 147 cm³/mol. The Hall–Kier alpha value is -4.92. The fraction of sp³-hybridized carbons (Fsp3) is 0.172. The number of para-hydroxylation sites is 1. The number of fused-ring (bicyclic) bond motifs is 2. The number of carbonyl (C=O) groups is 1. The van der Waals surface area contributed by atoms with Gasteiger partial charge in [0, 0.05) is 68.5 Å². The van der Waals surface area contributed by atoms with Gasteiger partial charge in [0.25, 0.3) is 5.91 Å². The van der Waals surface area contributed by atoms with E-state index in [2.05, 4.69) is 41.5 Å². The number of nitrogens with one attached hydrogen (secondary N) is 2. The van der Waals surface area contributed by atoms with Crippen molar-refractivity contribution in [3.8, 4) is 11.3 Å². The third-order valence-corrected chi connectivity index (χ3v) is 6.79. The molecule has 0 unspecified atom stereocenters. The highest BCUT2D eigenvalue weighted by atomic mass is 16.1. The molecule has 1 aromatic carbocycles. The summed E-state index contributed by atoms with van der Waals surface area (Å²) in [4.78, 5) is 36.8. The van der Waals surface area contributed by atoms with Crippen LogP contribution in [-0.4, -0.2) is 44.4 Å². The van der Waals surface area contributed by atoms with Gasteiger partial charge in [-0.25, -0.2) is 15.0 Å². The highest BCUT2D eigenvalue weighted by Crippen LogP contribution is 2.28. The summed E-state index contributed by atoms with van der Waals surface area (Å²) in [6.45, 7) is 2.31. The number of benzene rings is 1. The lowest BCUT2D eigenvalue weighted by atomic mass is 10.0. The summed E-state index contributed by atoms with van der Waals surface area (Å²) in [6, 6.07) is 15.7. The summed E-state index contributed by atoms with van der Waals surface area (Å²) in [5.41, 5.74) is 6.80. The quantitative estimate of drug-likeness (QED) is 0.344. The molecule has 0 saturated heterocycles. The number of anilines is 2. The van der Waals surface area contributed by atoms with E-state index in [4.69, 9.17) is 4.98 Å². The van der Waals surface area contributed by atoms with Crippen LogP contribution in [0.5, 0.6) is 0 Å². The van der Waals surface area contributed by atoms with E-state index in [1.807, 2.05) is 55.0 Å². The number of hydrogen-bond acceptors (Lipinski definition) is 8. The van der Waals surface area contributed by atoms with Crippen molar-refractivity contribution in [2.24, 2.45) is 0 Å². The lowest BCUT2D eigenvalue weighted by Gasteiger charge is -2.16. The zero-order chi connectivity index (χ0) is 25.9. The Morgan fingerprint density at radius 1 is 0.947 bits per heavy atom. The number of carbonyl (C=O) groups excluding carboxylic acids is 1. The Kier molecular flexibility index (Phi) is 6.31. The molecule has 0 spiro atoms. The number of rotatable bonds is 7. The standard InChI is InChI=1S/C29H26N8O/c1-30-29(38)24-9-12-33-28-19(3-2-4-23(24)28)8-11-32-26-13-25(35-18-36-26)20-5-6-27(34-15-20)37-16-21-7-10-31-14-22(21)17-37/h2-7,9-10,12-15,18H,8,11,16-17H2,1H3,(H,30,38)(H,32,35,36). The Labute approximate surface area is 220 Å². The monoisotopic (exact) mass is 502 g/mol. The molecule has 0 bridgehead atoms. The molecular formula is C29H26N8O. The van der Waals surface area contributed by atoms with E-state index in [0.29, 0.717) is 12.1 Å². The summed E-state index contributed by atoms with van der Waals surface area (Å²) in [5.74, 6) is 1.55. The van der Waals surface area contributed by atoms with E-state index >= 15 is 0 Å². The molecule has 1 amide bonds. The third-order valence-electron chi connectivity index (χ3n) is 6.79. The van der Waals surface area contributed by atoms with Gasteiger partial charge in [-0.2, -0.15) is 0 Å². The summed E-state index contributed by atoms with van der Waals surface area (Å²) < 4.78 is 0. The van der Waals surface area contributed by atoms with Gasteiger partial charge in [0.05, 0.1) is 16.8 Å². The molecule has 188 valence electrons. The molecule has 5 aromatic rings. The number of nitrogens with zero attached hydrogens (tertiary/aromatic N) is 6. The Morgan fingerprint density at radius 3 is 2.71 bits per heavy atom. The van der Waals surface area contributed by atoms with Crippen molar-refractivity contribution in [1.82, 2.24) is 30.2 Å². The first-order valence-corrected chi connectivity index (χ1v) is 12.5. The maximum Gasteiger partial charge on any atom is 0.251 e. The minimum absolute atomic E-state index is 0.119. The minimum Gasteiger partial charge on any atom is -0.370 e. The van der Waals surface area contributed by atoms with E-state index in [-0.39, 0.29) is 5.91 Å². The molecule has 9 nitrogen and oxygen atoms in total. The highest BCUT2D eigenvalue weighted by molar-refractivity contribution is 6.06. The Morgan fingerprint density at radius 2 is 1.87 bits per heavy atom. The van der Waals surface area contributed by atoms with E-state index in [9.17, 15) is 4.79 Å². The summed E-state index contributed by atoms with van der Waals surface area (Å²) >= 11 is 0. The molecule has 0 saturated carbocycles. The highest BCUT2D eigenvalue weighted by Gasteiger charge is 2.20. The van der Waals surface area contributed by atoms with Crippen LogP contribution in [0.1, 0.15) is 27.0 Å². The first-order valence-electron chi connectivity index (χ1n) is 12.5. The summed E-state index contributed by atoms with van der Waals surface area (Å²) in [6.07, 6.45) is 9.59. The molecule has 38 heavy (non-hydrogen) atoms. The number of aromatic nitrogens is 5. The topological polar surface area (TPSA) is 109 Å². The molecule has 1 aliphatic heterocycles. The second-order valence-corrected chi connectivity index (χ2v) is 9.12. The van der Waals surface area contributed by atoms with Crippen LogP contribution in [0.2, 0.25) is 0 Å². The summed E-state index contributed by atoms with van der Waals surface area (Å²) in [5, 5.41) is 6.93. The van der Waals surface area contributed by atoms with E-state index in [1.54, 1.807) is 25.6 Å². The SMILES string of the molecule is CNC(=O)c1ccnc2c(CCNc3cc(-c4ccc(N5Cc6ccncc6C5)nc4)ncn3)cccc12. The van der Waals surface area contributed by atoms with Crippen molar-refractivity contribution >= 4 is 28.4 Å². The average molecular weight is 503 g/mol. The van der Waals surface area contributed by atoms with E-state index in [1.165, 1.54) is 11.1 Å². The van der Waals surface area contributed by atoms with Gasteiger partial charge in [0.2, 0.25) is 0 Å². The van der Waals surface area contributed by atoms with Crippen molar-refractivity contribution in [2.45, 2.75) is 19.5 Å². The Bertz CT molecular complexity index is 1590. The van der Waals surface area contributed by atoms with Gasteiger partial charge in [-0.1, -0.05) is 18.2 Å². The van der Waals surface area contributed by atoms with E-state index < -0.39 is 0 Å². The van der Waals surface area contributed by atoms with Gasteiger partial charge < -0.3 is 15.5 Å². The minimum atomic E-state index is -0.119. The Balaban J connectivity index is 1.12. The molecule has 5 heterocycles. The van der Waals surface area contributed by atoms with Gasteiger partial charge in [-0.05, 0) is 47.4 Å². The van der Waals surface area contributed by atoms with Crippen LogP contribution in [-0.2, 0) is 19.5 Å². The molecule has 0 fully saturated rings. The van der Waals surface area contributed by atoms with Crippen LogP contribution >= 0.6 is 0 Å². The van der Waals surface area contributed by atoms with Crippen LogP contribution in [0.25, 0.3) is 22.2 Å².